The van der Waals surface area contributed by atoms with E-state index in [0.29, 0.717) is 5.92 Å². The summed E-state index contributed by atoms with van der Waals surface area (Å²) in [4.78, 5) is 9.48. The van der Waals surface area contributed by atoms with Crippen LogP contribution in [0.4, 0.5) is 0 Å². The largest absolute Gasteiger partial charge is 0.316 e. The van der Waals surface area contributed by atoms with Gasteiger partial charge in [-0.05, 0) is 63.6 Å². The molecule has 2 unspecified atom stereocenters. The second-order valence-electron chi connectivity index (χ2n) is 6.75. The zero-order chi connectivity index (χ0) is 14.7. The topological polar surface area (TPSA) is 37.8 Å². The van der Waals surface area contributed by atoms with Gasteiger partial charge in [0.2, 0.25) is 0 Å². The smallest absolute Gasteiger partial charge is 0.132 e. The molecule has 1 aliphatic rings. The van der Waals surface area contributed by atoms with Crippen molar-refractivity contribution in [2.45, 2.75) is 59.8 Å². The summed E-state index contributed by atoms with van der Waals surface area (Å²) in [6, 6.07) is 0. The van der Waals surface area contributed by atoms with Crippen LogP contribution in [0.2, 0.25) is 0 Å². The number of aromatic nitrogens is 2. The predicted molar refractivity (Wildman–Crippen MR) is 84.1 cm³/mol. The molecule has 1 aromatic rings. The Balaban J connectivity index is 1.88. The molecule has 3 heteroatoms. The summed E-state index contributed by atoms with van der Waals surface area (Å²) in [6.07, 6.45) is 3.51. The van der Waals surface area contributed by atoms with Crippen molar-refractivity contribution < 1.29 is 0 Å². The average molecular weight is 275 g/mol. The van der Waals surface area contributed by atoms with Gasteiger partial charge in [-0.1, -0.05) is 20.8 Å². The van der Waals surface area contributed by atoms with E-state index in [2.05, 4.69) is 39.9 Å². The summed E-state index contributed by atoms with van der Waals surface area (Å²) >= 11 is 0. The highest BCUT2D eigenvalue weighted by Gasteiger charge is 2.36. The van der Waals surface area contributed by atoms with Crippen molar-refractivity contribution in [3.05, 3.63) is 22.8 Å². The molecule has 3 nitrogen and oxygen atoms in total. The summed E-state index contributed by atoms with van der Waals surface area (Å²) in [7, 11) is 0. The van der Waals surface area contributed by atoms with Crippen LogP contribution in [0.1, 0.15) is 62.3 Å². The summed E-state index contributed by atoms with van der Waals surface area (Å²) in [5.74, 6) is 3.20. The molecule has 0 aromatic carbocycles. The van der Waals surface area contributed by atoms with Crippen molar-refractivity contribution in [2.24, 2.45) is 11.8 Å². The van der Waals surface area contributed by atoms with Crippen LogP contribution in [0.25, 0.3) is 0 Å². The fourth-order valence-corrected chi connectivity index (χ4v) is 2.76. The lowest BCUT2D eigenvalue weighted by Crippen LogP contribution is -2.21. The van der Waals surface area contributed by atoms with Crippen LogP contribution in [0.5, 0.6) is 0 Å². The van der Waals surface area contributed by atoms with Crippen LogP contribution >= 0.6 is 0 Å². The maximum Gasteiger partial charge on any atom is 0.132 e. The fraction of sp³-hybridized carbons (Fsp3) is 0.765. The number of hydrogen-bond acceptors (Lipinski definition) is 3. The quantitative estimate of drug-likeness (QED) is 0.775. The van der Waals surface area contributed by atoms with Gasteiger partial charge in [0.1, 0.15) is 5.82 Å². The normalized spacial score (nSPS) is 21.5. The number of rotatable bonds is 7. The van der Waals surface area contributed by atoms with Gasteiger partial charge in [-0.2, -0.15) is 0 Å². The number of nitrogens with one attached hydrogen (secondary N) is 1. The van der Waals surface area contributed by atoms with Crippen molar-refractivity contribution in [2.75, 3.05) is 13.1 Å². The van der Waals surface area contributed by atoms with Crippen LogP contribution in [-0.2, 0) is 6.42 Å². The Morgan fingerprint density at radius 1 is 1.20 bits per heavy atom. The molecule has 1 N–H and O–H groups in total. The molecule has 0 aliphatic heterocycles. The molecule has 2 rings (SSSR count). The minimum Gasteiger partial charge on any atom is -0.316 e. The van der Waals surface area contributed by atoms with E-state index in [1.807, 2.05) is 0 Å². The lowest BCUT2D eigenvalue weighted by atomic mass is 10.1. The first kappa shape index (κ1) is 15.4. The third kappa shape index (κ3) is 4.02. The van der Waals surface area contributed by atoms with Crippen molar-refractivity contribution in [1.29, 1.82) is 0 Å². The Hall–Kier alpha value is -0.960. The third-order valence-electron chi connectivity index (χ3n) is 4.21. The van der Waals surface area contributed by atoms with Crippen LogP contribution in [0.3, 0.4) is 0 Å². The molecule has 0 radical (unpaired) electrons. The summed E-state index contributed by atoms with van der Waals surface area (Å²) in [5, 5.41) is 3.50. The van der Waals surface area contributed by atoms with Crippen molar-refractivity contribution in [1.82, 2.24) is 15.3 Å². The van der Waals surface area contributed by atoms with Crippen LogP contribution in [-0.4, -0.2) is 23.1 Å². The molecule has 0 amide bonds. The molecule has 1 fully saturated rings. The van der Waals surface area contributed by atoms with E-state index in [1.165, 1.54) is 23.4 Å². The zero-order valence-electron chi connectivity index (χ0n) is 13.7. The highest BCUT2D eigenvalue weighted by molar-refractivity contribution is 5.26. The molecule has 1 saturated carbocycles. The van der Waals surface area contributed by atoms with Gasteiger partial charge in [-0.3, -0.25) is 0 Å². The lowest BCUT2D eigenvalue weighted by molar-refractivity contribution is 0.542. The predicted octanol–water partition coefficient (Wildman–Crippen LogP) is 3.40. The van der Waals surface area contributed by atoms with Crippen molar-refractivity contribution >= 4 is 0 Å². The number of nitrogens with zero attached hydrogens (tertiary/aromatic N) is 2. The van der Waals surface area contributed by atoms with E-state index < -0.39 is 0 Å². The Morgan fingerprint density at radius 2 is 1.80 bits per heavy atom. The van der Waals surface area contributed by atoms with Crippen LogP contribution in [0.15, 0.2) is 0 Å². The van der Waals surface area contributed by atoms with Crippen LogP contribution < -0.4 is 5.32 Å². The van der Waals surface area contributed by atoms with Crippen molar-refractivity contribution in [3.8, 4) is 0 Å². The molecule has 1 aromatic heterocycles. The van der Waals surface area contributed by atoms with E-state index in [1.54, 1.807) is 0 Å². The zero-order valence-corrected chi connectivity index (χ0v) is 13.7. The molecule has 2 atom stereocenters. The van der Waals surface area contributed by atoms with Gasteiger partial charge in [-0.25, -0.2) is 9.97 Å². The fourth-order valence-electron chi connectivity index (χ4n) is 2.76. The standard InChI is InChI=1S/C17H29N3/c1-11(2)10-18-8-6-7-15-13(4)19-17(20-14(15)5)16-9-12(16)3/h11-12,16,18H,6-10H2,1-5H3. The first-order chi connectivity index (χ1) is 9.49. The van der Waals surface area contributed by atoms with Gasteiger partial charge in [0, 0.05) is 17.3 Å². The van der Waals surface area contributed by atoms with Gasteiger partial charge < -0.3 is 5.32 Å². The van der Waals surface area contributed by atoms with E-state index in [4.69, 9.17) is 9.97 Å². The molecule has 20 heavy (non-hydrogen) atoms. The molecule has 0 spiro atoms. The molecular formula is C17H29N3. The Kier molecular flexibility index (Phi) is 5.14. The highest BCUT2D eigenvalue weighted by Crippen LogP contribution is 2.45. The van der Waals surface area contributed by atoms with Crippen molar-refractivity contribution in [3.63, 3.8) is 0 Å². The van der Waals surface area contributed by atoms with Gasteiger partial charge in [-0.15, -0.1) is 0 Å². The van der Waals surface area contributed by atoms with Gasteiger partial charge in [0.05, 0.1) is 0 Å². The number of aryl methyl sites for hydroxylation is 2. The Labute approximate surface area is 123 Å². The monoisotopic (exact) mass is 275 g/mol. The lowest BCUT2D eigenvalue weighted by Gasteiger charge is -2.12. The molecular weight excluding hydrogens is 246 g/mol. The first-order valence-electron chi connectivity index (χ1n) is 8.03. The van der Waals surface area contributed by atoms with E-state index in [9.17, 15) is 0 Å². The maximum atomic E-state index is 4.74. The Bertz CT molecular complexity index is 431. The second-order valence-corrected chi connectivity index (χ2v) is 6.75. The van der Waals surface area contributed by atoms with E-state index >= 15 is 0 Å². The highest BCUT2D eigenvalue weighted by atomic mass is 14.9. The average Bonchev–Trinajstić information content (AvgIpc) is 3.08. The Morgan fingerprint density at radius 3 is 2.30 bits per heavy atom. The molecule has 112 valence electrons. The molecule has 0 saturated heterocycles. The second kappa shape index (κ2) is 6.66. The SMILES string of the molecule is Cc1nc(C2CC2C)nc(C)c1CCCNCC(C)C. The summed E-state index contributed by atoms with van der Waals surface area (Å²) in [6.45, 7) is 13.2. The summed E-state index contributed by atoms with van der Waals surface area (Å²) in [5.41, 5.74) is 3.74. The van der Waals surface area contributed by atoms with Gasteiger partial charge in [0.15, 0.2) is 0 Å². The summed E-state index contributed by atoms with van der Waals surface area (Å²) < 4.78 is 0. The van der Waals surface area contributed by atoms with Gasteiger partial charge >= 0.3 is 0 Å². The van der Waals surface area contributed by atoms with E-state index in [0.717, 1.165) is 43.6 Å². The van der Waals surface area contributed by atoms with Gasteiger partial charge in [0.25, 0.3) is 0 Å². The molecule has 1 aliphatic carbocycles. The molecule has 1 heterocycles. The van der Waals surface area contributed by atoms with E-state index in [-0.39, 0.29) is 0 Å². The minimum atomic E-state index is 0.620. The number of hydrogen-bond donors (Lipinski definition) is 1. The molecule has 0 bridgehead atoms. The first-order valence-corrected chi connectivity index (χ1v) is 8.03. The van der Waals surface area contributed by atoms with Crippen LogP contribution in [0, 0.1) is 25.7 Å². The minimum absolute atomic E-state index is 0.620. The maximum absolute atomic E-state index is 4.74. The third-order valence-corrected chi connectivity index (χ3v) is 4.21.